The number of carbonyl (C=O) groups excluding carboxylic acids is 1. The zero-order chi connectivity index (χ0) is 14.9. The van der Waals surface area contributed by atoms with Crippen LogP contribution in [-0.4, -0.2) is 15.9 Å². The molecule has 2 N–H and O–H groups in total. The number of nitrogens with one attached hydrogen (secondary N) is 2. The van der Waals surface area contributed by atoms with Gasteiger partial charge in [-0.1, -0.05) is 32.9 Å². The maximum Gasteiger partial charge on any atom is 0.221 e. The summed E-state index contributed by atoms with van der Waals surface area (Å²) < 4.78 is 0. The van der Waals surface area contributed by atoms with Gasteiger partial charge < -0.3 is 10.3 Å². The van der Waals surface area contributed by atoms with Crippen molar-refractivity contribution in [3.8, 4) is 11.3 Å². The fourth-order valence-corrected chi connectivity index (χ4v) is 2.01. The minimum atomic E-state index is -0.0660. The molecule has 0 spiro atoms. The van der Waals surface area contributed by atoms with Crippen LogP contribution in [0.1, 0.15) is 39.2 Å². The van der Waals surface area contributed by atoms with E-state index in [-0.39, 0.29) is 11.3 Å². The third kappa shape index (κ3) is 3.07. The standard InChI is InChI=1S/C16H21N3O/c1-10-14(19-15(17-10)16(3,4)5)12-6-8-13(9-7-12)18-11(2)20/h6-9H,1-5H3,(H,17,19)(H,18,20). The highest BCUT2D eigenvalue weighted by atomic mass is 16.1. The number of H-pyrrole nitrogens is 1. The molecule has 0 saturated carbocycles. The van der Waals surface area contributed by atoms with Gasteiger partial charge in [-0.25, -0.2) is 4.98 Å². The van der Waals surface area contributed by atoms with Crippen LogP contribution >= 0.6 is 0 Å². The van der Waals surface area contributed by atoms with Crippen molar-refractivity contribution in [2.24, 2.45) is 0 Å². The molecule has 0 aliphatic carbocycles. The van der Waals surface area contributed by atoms with Crippen LogP contribution in [0.3, 0.4) is 0 Å². The van der Waals surface area contributed by atoms with Gasteiger partial charge in [0.15, 0.2) is 0 Å². The Labute approximate surface area is 119 Å². The molecule has 1 aromatic heterocycles. The number of hydrogen-bond donors (Lipinski definition) is 2. The molecule has 1 amide bonds. The minimum absolute atomic E-state index is 0.000857. The monoisotopic (exact) mass is 271 g/mol. The highest BCUT2D eigenvalue weighted by molar-refractivity contribution is 5.88. The third-order valence-corrected chi connectivity index (χ3v) is 3.07. The molecule has 106 valence electrons. The summed E-state index contributed by atoms with van der Waals surface area (Å²) in [6, 6.07) is 7.73. The van der Waals surface area contributed by atoms with Crippen LogP contribution in [0.5, 0.6) is 0 Å². The number of hydrogen-bond acceptors (Lipinski definition) is 2. The van der Waals surface area contributed by atoms with Crippen LogP contribution in [0.4, 0.5) is 5.69 Å². The van der Waals surface area contributed by atoms with Crippen molar-refractivity contribution in [1.82, 2.24) is 9.97 Å². The Balaban J connectivity index is 2.32. The topological polar surface area (TPSA) is 57.8 Å². The van der Waals surface area contributed by atoms with Gasteiger partial charge in [0.2, 0.25) is 5.91 Å². The molecule has 0 radical (unpaired) electrons. The number of carbonyl (C=O) groups is 1. The molecule has 0 aliphatic rings. The zero-order valence-electron chi connectivity index (χ0n) is 12.7. The lowest BCUT2D eigenvalue weighted by molar-refractivity contribution is -0.114. The van der Waals surface area contributed by atoms with E-state index in [0.717, 1.165) is 28.5 Å². The molecule has 2 rings (SSSR count). The molecular weight excluding hydrogens is 250 g/mol. The molecule has 4 heteroatoms. The van der Waals surface area contributed by atoms with Crippen LogP contribution in [0.25, 0.3) is 11.3 Å². The fourth-order valence-electron chi connectivity index (χ4n) is 2.01. The van der Waals surface area contributed by atoms with E-state index in [0.29, 0.717) is 0 Å². The molecule has 2 aromatic rings. The molecule has 0 aliphatic heterocycles. The van der Waals surface area contributed by atoms with E-state index < -0.39 is 0 Å². The lowest BCUT2D eigenvalue weighted by Gasteiger charge is -2.14. The number of aryl methyl sites for hydroxylation is 1. The minimum Gasteiger partial charge on any atom is -0.345 e. The van der Waals surface area contributed by atoms with Gasteiger partial charge >= 0.3 is 0 Å². The second-order valence-corrected chi connectivity index (χ2v) is 6.07. The summed E-state index contributed by atoms with van der Waals surface area (Å²) in [5.41, 5.74) is 3.86. The molecule has 1 aromatic carbocycles. The SMILES string of the molecule is CC(=O)Nc1ccc(-c2nc(C(C)(C)C)[nH]c2C)cc1. The molecule has 4 nitrogen and oxygen atoms in total. The van der Waals surface area contributed by atoms with E-state index in [1.165, 1.54) is 6.92 Å². The van der Waals surface area contributed by atoms with Gasteiger partial charge in [0, 0.05) is 29.3 Å². The van der Waals surface area contributed by atoms with E-state index in [1.807, 2.05) is 31.2 Å². The smallest absolute Gasteiger partial charge is 0.221 e. The average Bonchev–Trinajstić information content (AvgIpc) is 2.71. The van der Waals surface area contributed by atoms with Gasteiger partial charge in [0.1, 0.15) is 5.82 Å². The summed E-state index contributed by atoms with van der Waals surface area (Å²) in [5.74, 6) is 0.916. The number of aromatic nitrogens is 2. The first-order valence-electron chi connectivity index (χ1n) is 6.72. The number of anilines is 1. The maximum absolute atomic E-state index is 11.0. The summed E-state index contributed by atoms with van der Waals surface area (Å²) in [4.78, 5) is 19.1. The first-order valence-corrected chi connectivity index (χ1v) is 6.72. The summed E-state index contributed by atoms with van der Waals surface area (Å²) >= 11 is 0. The Morgan fingerprint density at radius 1 is 1.20 bits per heavy atom. The number of benzene rings is 1. The lowest BCUT2D eigenvalue weighted by atomic mass is 9.96. The van der Waals surface area contributed by atoms with Crippen LogP contribution in [-0.2, 0) is 10.2 Å². The Morgan fingerprint density at radius 2 is 1.80 bits per heavy atom. The van der Waals surface area contributed by atoms with Crippen molar-refractivity contribution in [3.63, 3.8) is 0 Å². The molecule has 20 heavy (non-hydrogen) atoms. The molecular formula is C16H21N3O. The Hall–Kier alpha value is -2.10. The molecule has 1 heterocycles. The summed E-state index contributed by atoms with van der Waals surface area (Å²) in [6.45, 7) is 9.93. The van der Waals surface area contributed by atoms with Crippen molar-refractivity contribution in [3.05, 3.63) is 35.8 Å². The predicted molar refractivity (Wildman–Crippen MR) is 81.8 cm³/mol. The van der Waals surface area contributed by atoms with E-state index in [2.05, 4.69) is 31.1 Å². The number of imidazole rings is 1. The van der Waals surface area contributed by atoms with Gasteiger partial charge in [0.25, 0.3) is 0 Å². The van der Waals surface area contributed by atoms with Crippen LogP contribution in [0, 0.1) is 6.92 Å². The van der Waals surface area contributed by atoms with Gasteiger partial charge in [-0.05, 0) is 19.1 Å². The molecule has 0 saturated heterocycles. The Bertz CT molecular complexity index is 618. The van der Waals surface area contributed by atoms with Gasteiger partial charge in [-0.2, -0.15) is 0 Å². The van der Waals surface area contributed by atoms with Crippen molar-refractivity contribution >= 4 is 11.6 Å². The number of rotatable bonds is 2. The number of amides is 1. The highest BCUT2D eigenvalue weighted by Gasteiger charge is 2.20. The third-order valence-electron chi connectivity index (χ3n) is 3.07. The van der Waals surface area contributed by atoms with E-state index >= 15 is 0 Å². The second kappa shape index (κ2) is 5.12. The van der Waals surface area contributed by atoms with Crippen LogP contribution in [0.15, 0.2) is 24.3 Å². The molecule has 0 fully saturated rings. The second-order valence-electron chi connectivity index (χ2n) is 6.07. The number of nitrogens with zero attached hydrogens (tertiary/aromatic N) is 1. The largest absolute Gasteiger partial charge is 0.345 e. The van der Waals surface area contributed by atoms with Crippen molar-refractivity contribution < 1.29 is 4.79 Å². The quantitative estimate of drug-likeness (QED) is 0.876. The Morgan fingerprint density at radius 3 is 2.25 bits per heavy atom. The first kappa shape index (κ1) is 14.3. The summed E-state index contributed by atoms with van der Waals surface area (Å²) in [5, 5.41) is 2.76. The van der Waals surface area contributed by atoms with Gasteiger partial charge in [-0.15, -0.1) is 0 Å². The fraction of sp³-hybridized carbons (Fsp3) is 0.375. The highest BCUT2D eigenvalue weighted by Crippen LogP contribution is 2.27. The van der Waals surface area contributed by atoms with Crippen molar-refractivity contribution in [1.29, 1.82) is 0 Å². The van der Waals surface area contributed by atoms with E-state index in [4.69, 9.17) is 4.98 Å². The zero-order valence-corrected chi connectivity index (χ0v) is 12.7. The molecule has 0 unspecified atom stereocenters. The van der Waals surface area contributed by atoms with Crippen molar-refractivity contribution in [2.45, 2.75) is 40.0 Å². The van der Waals surface area contributed by atoms with E-state index in [9.17, 15) is 4.79 Å². The predicted octanol–water partition coefficient (Wildman–Crippen LogP) is 3.64. The van der Waals surface area contributed by atoms with Crippen molar-refractivity contribution in [2.75, 3.05) is 5.32 Å². The summed E-state index contributed by atoms with van der Waals surface area (Å²) in [6.07, 6.45) is 0. The molecule has 0 atom stereocenters. The van der Waals surface area contributed by atoms with Crippen LogP contribution in [0.2, 0.25) is 0 Å². The van der Waals surface area contributed by atoms with Crippen LogP contribution < -0.4 is 5.32 Å². The maximum atomic E-state index is 11.0. The molecule has 0 bridgehead atoms. The normalized spacial score (nSPS) is 11.4. The number of aromatic amines is 1. The Kier molecular flexibility index (Phi) is 3.66. The van der Waals surface area contributed by atoms with Gasteiger partial charge in [-0.3, -0.25) is 4.79 Å². The van der Waals surface area contributed by atoms with Gasteiger partial charge in [0.05, 0.1) is 5.69 Å². The average molecular weight is 271 g/mol. The lowest BCUT2D eigenvalue weighted by Crippen LogP contribution is -2.13. The first-order chi connectivity index (χ1) is 9.27. The summed E-state index contributed by atoms with van der Waals surface area (Å²) in [7, 11) is 0. The van der Waals surface area contributed by atoms with E-state index in [1.54, 1.807) is 0 Å².